The predicted molar refractivity (Wildman–Crippen MR) is 104 cm³/mol. The van der Waals surface area contributed by atoms with Crippen molar-refractivity contribution in [1.82, 2.24) is 14.8 Å². The monoisotopic (exact) mass is 369 g/mol. The van der Waals surface area contributed by atoms with Crippen LogP contribution in [0.3, 0.4) is 0 Å². The van der Waals surface area contributed by atoms with E-state index in [1.807, 2.05) is 51.1 Å². The molecule has 0 unspecified atom stereocenters. The summed E-state index contributed by atoms with van der Waals surface area (Å²) in [5, 5.41) is 8.58. The zero-order valence-electron chi connectivity index (χ0n) is 15.7. The van der Waals surface area contributed by atoms with Gasteiger partial charge in [0.2, 0.25) is 5.89 Å². The largest absolute Gasteiger partial charge is 0.411 e. The lowest BCUT2D eigenvalue weighted by Gasteiger charge is -2.13. The molecule has 0 aliphatic heterocycles. The SMILES string of the molecule is Cc1ccccc1-c1nnc(SCC(=O)c2cc(C)n(C(C)C)c2C)o1. The molecule has 2 heterocycles. The number of Topliss-reactive ketones (excluding diaryl/α,β-unsaturated/α-hetero) is 1. The summed E-state index contributed by atoms with van der Waals surface area (Å²) in [5.74, 6) is 0.833. The third-order valence-corrected chi connectivity index (χ3v) is 5.23. The number of rotatable bonds is 6. The van der Waals surface area contributed by atoms with E-state index in [0.29, 0.717) is 17.2 Å². The van der Waals surface area contributed by atoms with Crippen LogP contribution in [0, 0.1) is 20.8 Å². The van der Waals surface area contributed by atoms with Crippen LogP contribution in [-0.2, 0) is 0 Å². The molecule has 0 aliphatic rings. The molecule has 3 aromatic rings. The number of hydrogen-bond donors (Lipinski definition) is 0. The van der Waals surface area contributed by atoms with Gasteiger partial charge in [-0.25, -0.2) is 0 Å². The average Bonchev–Trinajstić information content (AvgIpc) is 3.17. The second kappa shape index (κ2) is 7.50. The van der Waals surface area contributed by atoms with Crippen LogP contribution in [0.5, 0.6) is 0 Å². The first kappa shape index (κ1) is 18.5. The zero-order valence-corrected chi connectivity index (χ0v) is 16.6. The van der Waals surface area contributed by atoms with Gasteiger partial charge in [-0.2, -0.15) is 0 Å². The topological polar surface area (TPSA) is 60.9 Å². The van der Waals surface area contributed by atoms with E-state index in [1.165, 1.54) is 11.8 Å². The number of aromatic nitrogens is 3. The highest BCUT2D eigenvalue weighted by atomic mass is 32.2. The first-order chi connectivity index (χ1) is 12.4. The molecule has 0 aliphatic carbocycles. The Morgan fingerprint density at radius 1 is 1.19 bits per heavy atom. The first-order valence-corrected chi connectivity index (χ1v) is 9.61. The fraction of sp³-hybridized carbons (Fsp3) is 0.350. The maximum absolute atomic E-state index is 12.6. The van der Waals surface area contributed by atoms with Crippen LogP contribution in [0.25, 0.3) is 11.5 Å². The van der Waals surface area contributed by atoms with Gasteiger partial charge >= 0.3 is 0 Å². The molecule has 0 saturated carbocycles. The van der Waals surface area contributed by atoms with E-state index in [9.17, 15) is 4.79 Å². The van der Waals surface area contributed by atoms with Gasteiger partial charge in [0.1, 0.15) is 0 Å². The lowest BCUT2D eigenvalue weighted by atomic mass is 10.1. The van der Waals surface area contributed by atoms with E-state index in [4.69, 9.17) is 4.42 Å². The van der Waals surface area contributed by atoms with Crippen LogP contribution in [0.4, 0.5) is 0 Å². The van der Waals surface area contributed by atoms with Crippen molar-refractivity contribution in [2.45, 2.75) is 45.9 Å². The van der Waals surface area contributed by atoms with Gasteiger partial charge in [0.05, 0.1) is 5.75 Å². The molecule has 136 valence electrons. The number of carbonyl (C=O) groups is 1. The highest BCUT2D eigenvalue weighted by Crippen LogP contribution is 2.27. The Balaban J connectivity index is 1.71. The minimum atomic E-state index is 0.0747. The molecule has 0 fully saturated rings. The van der Waals surface area contributed by atoms with E-state index in [0.717, 1.165) is 28.1 Å². The molecule has 0 atom stereocenters. The summed E-state index contributed by atoms with van der Waals surface area (Å²) in [4.78, 5) is 12.6. The van der Waals surface area contributed by atoms with E-state index in [2.05, 4.69) is 28.6 Å². The van der Waals surface area contributed by atoms with Crippen LogP contribution >= 0.6 is 11.8 Å². The van der Waals surface area contributed by atoms with Gasteiger partial charge in [0.15, 0.2) is 5.78 Å². The Labute approximate surface area is 157 Å². The zero-order chi connectivity index (χ0) is 18.8. The minimum Gasteiger partial charge on any atom is -0.411 e. The van der Waals surface area contributed by atoms with Crippen molar-refractivity contribution in [3.8, 4) is 11.5 Å². The van der Waals surface area contributed by atoms with Gasteiger partial charge in [0.25, 0.3) is 5.22 Å². The van der Waals surface area contributed by atoms with Crippen molar-refractivity contribution < 1.29 is 9.21 Å². The first-order valence-electron chi connectivity index (χ1n) is 8.62. The van der Waals surface area contributed by atoms with E-state index in [1.54, 1.807) is 0 Å². The second-order valence-corrected chi connectivity index (χ2v) is 7.58. The molecule has 5 nitrogen and oxygen atoms in total. The number of carbonyl (C=O) groups excluding carboxylic acids is 1. The molecule has 0 bridgehead atoms. The van der Waals surface area contributed by atoms with Crippen molar-refractivity contribution in [2.75, 3.05) is 5.75 Å². The molecule has 6 heteroatoms. The summed E-state index contributed by atoms with van der Waals surface area (Å²) >= 11 is 1.28. The minimum absolute atomic E-state index is 0.0747. The molecule has 1 aromatic carbocycles. The standard InChI is InChI=1S/C20H23N3O2S/c1-12(2)23-14(4)10-17(15(23)5)18(24)11-26-20-22-21-19(25-20)16-9-7-6-8-13(16)3/h6-10,12H,11H2,1-5H3. The van der Waals surface area contributed by atoms with Crippen LogP contribution in [0.1, 0.15) is 47.2 Å². The van der Waals surface area contributed by atoms with Crippen LogP contribution < -0.4 is 0 Å². The number of thioether (sulfide) groups is 1. The molecule has 3 rings (SSSR count). The smallest absolute Gasteiger partial charge is 0.277 e. The quantitative estimate of drug-likeness (QED) is 0.451. The molecule has 0 spiro atoms. The lowest BCUT2D eigenvalue weighted by molar-refractivity contribution is 0.102. The van der Waals surface area contributed by atoms with E-state index >= 15 is 0 Å². The van der Waals surface area contributed by atoms with Gasteiger partial charge in [0, 0.05) is 28.6 Å². The van der Waals surface area contributed by atoms with Crippen LogP contribution in [0.2, 0.25) is 0 Å². The second-order valence-electron chi connectivity index (χ2n) is 6.65. The van der Waals surface area contributed by atoms with E-state index in [-0.39, 0.29) is 11.5 Å². The Bertz CT molecular complexity index is 940. The number of nitrogens with zero attached hydrogens (tertiary/aromatic N) is 3. The molecule has 0 N–H and O–H groups in total. The summed E-state index contributed by atoms with van der Waals surface area (Å²) in [6.45, 7) is 10.3. The Hall–Kier alpha value is -2.34. The highest BCUT2D eigenvalue weighted by Gasteiger charge is 2.19. The van der Waals surface area contributed by atoms with Gasteiger partial charge < -0.3 is 8.98 Å². The normalized spacial score (nSPS) is 11.3. The third-order valence-electron chi connectivity index (χ3n) is 4.41. The summed E-state index contributed by atoms with van der Waals surface area (Å²) in [6, 6.07) is 10.1. The molecular weight excluding hydrogens is 346 g/mol. The molecule has 0 radical (unpaired) electrons. The number of hydrogen-bond acceptors (Lipinski definition) is 5. The molecule has 0 saturated heterocycles. The summed E-state index contributed by atoms with van der Waals surface area (Å²) in [5.41, 5.74) is 4.87. The van der Waals surface area contributed by atoms with E-state index < -0.39 is 0 Å². The third kappa shape index (κ3) is 3.60. The molecule has 2 aromatic heterocycles. The summed E-state index contributed by atoms with van der Waals surface area (Å²) in [7, 11) is 0. The number of ketones is 1. The Morgan fingerprint density at radius 3 is 2.58 bits per heavy atom. The van der Waals surface area contributed by atoms with Crippen molar-refractivity contribution >= 4 is 17.5 Å². The molecule has 26 heavy (non-hydrogen) atoms. The summed E-state index contributed by atoms with van der Waals surface area (Å²) < 4.78 is 7.90. The maximum Gasteiger partial charge on any atom is 0.277 e. The molecule has 0 amide bonds. The Kier molecular flexibility index (Phi) is 5.32. The number of aryl methyl sites for hydroxylation is 2. The summed E-state index contributed by atoms with van der Waals surface area (Å²) in [6.07, 6.45) is 0. The van der Waals surface area contributed by atoms with Crippen molar-refractivity contribution in [3.05, 3.63) is 52.8 Å². The van der Waals surface area contributed by atoms with Crippen molar-refractivity contribution in [3.63, 3.8) is 0 Å². The van der Waals surface area contributed by atoms with Crippen LogP contribution in [0.15, 0.2) is 40.0 Å². The fourth-order valence-corrected chi connectivity index (χ4v) is 3.90. The number of benzene rings is 1. The predicted octanol–water partition coefficient (Wildman–Crippen LogP) is 5.02. The lowest BCUT2D eigenvalue weighted by Crippen LogP contribution is -2.08. The molecular formula is C20H23N3O2S. The van der Waals surface area contributed by atoms with Crippen molar-refractivity contribution in [2.24, 2.45) is 0 Å². The van der Waals surface area contributed by atoms with Crippen LogP contribution in [-0.4, -0.2) is 26.3 Å². The van der Waals surface area contributed by atoms with Crippen molar-refractivity contribution in [1.29, 1.82) is 0 Å². The highest BCUT2D eigenvalue weighted by molar-refractivity contribution is 7.99. The average molecular weight is 369 g/mol. The van der Waals surface area contributed by atoms with Gasteiger partial charge in [-0.3, -0.25) is 4.79 Å². The van der Waals surface area contributed by atoms with Gasteiger partial charge in [-0.1, -0.05) is 30.0 Å². The fourth-order valence-electron chi connectivity index (χ4n) is 3.25. The Morgan fingerprint density at radius 2 is 1.92 bits per heavy atom. The van der Waals surface area contributed by atoms with Gasteiger partial charge in [-0.05, 0) is 52.3 Å². The maximum atomic E-state index is 12.6. The van der Waals surface area contributed by atoms with Gasteiger partial charge in [-0.15, -0.1) is 10.2 Å².